The van der Waals surface area contributed by atoms with Crippen LogP contribution in [0.2, 0.25) is 0 Å². The van der Waals surface area contributed by atoms with E-state index in [1.807, 2.05) is 19.1 Å². The van der Waals surface area contributed by atoms with Gasteiger partial charge in [-0.1, -0.05) is 38.3 Å². The van der Waals surface area contributed by atoms with Crippen molar-refractivity contribution in [3.05, 3.63) is 29.8 Å². The number of rotatable bonds is 7. The second-order valence-electron chi connectivity index (χ2n) is 8.55. The molecule has 1 unspecified atom stereocenters. The van der Waals surface area contributed by atoms with Gasteiger partial charge < -0.3 is 15.0 Å². The highest BCUT2D eigenvalue weighted by molar-refractivity contribution is 5.80. The van der Waals surface area contributed by atoms with Crippen LogP contribution in [0.1, 0.15) is 51.5 Å². The van der Waals surface area contributed by atoms with Crippen molar-refractivity contribution in [3.8, 4) is 5.75 Å². The van der Waals surface area contributed by atoms with Crippen molar-refractivity contribution in [1.29, 1.82) is 0 Å². The van der Waals surface area contributed by atoms with Gasteiger partial charge in [0, 0.05) is 38.3 Å². The van der Waals surface area contributed by atoms with Crippen molar-refractivity contribution < 1.29 is 9.53 Å². The number of piperazine rings is 1. The molecule has 1 aromatic rings. The molecule has 5 nitrogen and oxygen atoms in total. The largest absolute Gasteiger partial charge is 0.481 e. The molecule has 2 fully saturated rings. The fourth-order valence-electron chi connectivity index (χ4n) is 4.55. The molecule has 1 N–H and O–H groups in total. The van der Waals surface area contributed by atoms with E-state index in [4.69, 9.17) is 4.74 Å². The molecule has 0 bridgehead atoms. The van der Waals surface area contributed by atoms with Crippen molar-refractivity contribution in [2.45, 2.75) is 64.0 Å². The van der Waals surface area contributed by atoms with Crippen LogP contribution in [0.5, 0.6) is 5.75 Å². The van der Waals surface area contributed by atoms with Gasteiger partial charge in [0.2, 0.25) is 0 Å². The molecule has 2 aliphatic rings. The van der Waals surface area contributed by atoms with Gasteiger partial charge in [-0.3, -0.25) is 9.69 Å². The Morgan fingerprint density at radius 2 is 1.75 bits per heavy atom. The molecule has 1 atom stereocenters. The zero-order valence-electron chi connectivity index (χ0n) is 17.9. The number of aryl methyl sites for hydroxylation is 1. The maximum Gasteiger partial charge on any atom is 0.260 e. The SMILES string of the molecule is CCc1ccc(OC(C)C(=O)NCC2(N3CCN(C)CC3)CCCCC2)cc1. The van der Waals surface area contributed by atoms with E-state index in [9.17, 15) is 4.79 Å². The molecule has 1 aliphatic heterocycles. The fraction of sp³-hybridized carbons (Fsp3) is 0.696. The molecular weight excluding hydrogens is 350 g/mol. The molecule has 0 radical (unpaired) electrons. The normalized spacial score (nSPS) is 21.8. The number of amides is 1. The standard InChI is InChI=1S/C23H37N3O2/c1-4-20-8-10-21(11-9-20)28-19(2)22(27)24-18-23(12-6-5-7-13-23)26-16-14-25(3)15-17-26/h8-11,19H,4-7,12-18H2,1-3H3,(H,24,27). The zero-order chi connectivity index (χ0) is 20.0. The van der Waals surface area contributed by atoms with E-state index in [1.54, 1.807) is 0 Å². The van der Waals surface area contributed by atoms with Crippen LogP contribution in [-0.4, -0.2) is 67.1 Å². The highest BCUT2D eigenvalue weighted by Gasteiger charge is 2.39. The maximum atomic E-state index is 12.7. The zero-order valence-corrected chi connectivity index (χ0v) is 17.9. The summed E-state index contributed by atoms with van der Waals surface area (Å²) in [5.74, 6) is 0.741. The first-order valence-electron chi connectivity index (χ1n) is 11.0. The molecule has 28 heavy (non-hydrogen) atoms. The third-order valence-corrected chi connectivity index (χ3v) is 6.56. The topological polar surface area (TPSA) is 44.8 Å². The molecule has 0 spiro atoms. The van der Waals surface area contributed by atoms with E-state index in [0.717, 1.165) is 44.9 Å². The van der Waals surface area contributed by atoms with E-state index in [1.165, 1.54) is 37.7 Å². The Labute approximate surface area is 170 Å². The average Bonchev–Trinajstić information content (AvgIpc) is 2.73. The molecule has 1 amide bonds. The van der Waals surface area contributed by atoms with Crippen LogP contribution in [0.25, 0.3) is 0 Å². The highest BCUT2D eigenvalue weighted by atomic mass is 16.5. The Kier molecular flexibility index (Phi) is 7.36. The fourth-order valence-corrected chi connectivity index (χ4v) is 4.55. The molecule has 156 valence electrons. The van der Waals surface area contributed by atoms with Gasteiger partial charge in [-0.25, -0.2) is 0 Å². The summed E-state index contributed by atoms with van der Waals surface area (Å²) in [7, 11) is 2.19. The average molecular weight is 388 g/mol. The first kappa shape index (κ1) is 21.1. The first-order chi connectivity index (χ1) is 13.5. The Balaban J connectivity index is 1.56. The summed E-state index contributed by atoms with van der Waals surface area (Å²) in [6, 6.07) is 8.03. The number of carbonyl (C=O) groups excluding carboxylic acids is 1. The lowest BCUT2D eigenvalue weighted by Gasteiger charge is -2.49. The van der Waals surface area contributed by atoms with Crippen LogP contribution in [0.3, 0.4) is 0 Å². The van der Waals surface area contributed by atoms with Crippen LogP contribution in [0.15, 0.2) is 24.3 Å². The van der Waals surface area contributed by atoms with Crippen LogP contribution in [-0.2, 0) is 11.2 Å². The summed E-state index contributed by atoms with van der Waals surface area (Å²) in [4.78, 5) is 17.8. The Hall–Kier alpha value is -1.59. The molecule has 5 heteroatoms. The molecule has 1 saturated carbocycles. The summed E-state index contributed by atoms with van der Waals surface area (Å²) in [6.45, 7) is 9.13. The van der Waals surface area contributed by atoms with Crippen LogP contribution in [0.4, 0.5) is 0 Å². The molecule has 1 heterocycles. The van der Waals surface area contributed by atoms with Crippen molar-refractivity contribution in [3.63, 3.8) is 0 Å². The number of likely N-dealkylation sites (N-methyl/N-ethyl adjacent to an activating group) is 1. The smallest absolute Gasteiger partial charge is 0.260 e. The maximum absolute atomic E-state index is 12.7. The van der Waals surface area contributed by atoms with E-state index >= 15 is 0 Å². The minimum absolute atomic E-state index is 0.0151. The van der Waals surface area contributed by atoms with Crippen LogP contribution < -0.4 is 10.1 Å². The van der Waals surface area contributed by atoms with Crippen LogP contribution >= 0.6 is 0 Å². The lowest BCUT2D eigenvalue weighted by Crippen LogP contribution is -2.62. The molecule has 1 aromatic carbocycles. The van der Waals surface area contributed by atoms with Gasteiger partial charge >= 0.3 is 0 Å². The van der Waals surface area contributed by atoms with Gasteiger partial charge in [0.15, 0.2) is 6.10 Å². The number of hydrogen-bond acceptors (Lipinski definition) is 4. The summed E-state index contributed by atoms with van der Waals surface area (Å²) in [6.07, 6.45) is 6.73. The minimum Gasteiger partial charge on any atom is -0.481 e. The number of benzene rings is 1. The van der Waals surface area contributed by atoms with Crippen molar-refractivity contribution in [2.75, 3.05) is 39.8 Å². The lowest BCUT2D eigenvalue weighted by molar-refractivity contribution is -0.128. The predicted octanol–water partition coefficient (Wildman–Crippen LogP) is 3.08. The molecule has 3 rings (SSSR count). The molecular formula is C23H37N3O2. The van der Waals surface area contributed by atoms with Gasteiger partial charge in [-0.05, 0) is 50.9 Å². The number of nitrogens with zero attached hydrogens (tertiary/aromatic N) is 2. The minimum atomic E-state index is -0.486. The lowest BCUT2D eigenvalue weighted by atomic mass is 9.79. The third-order valence-electron chi connectivity index (χ3n) is 6.56. The molecule has 0 aromatic heterocycles. The Morgan fingerprint density at radius 3 is 2.36 bits per heavy atom. The van der Waals surface area contributed by atoms with Gasteiger partial charge in [-0.2, -0.15) is 0 Å². The van der Waals surface area contributed by atoms with Gasteiger partial charge in [-0.15, -0.1) is 0 Å². The number of nitrogens with one attached hydrogen (secondary N) is 1. The third kappa shape index (κ3) is 5.26. The monoisotopic (exact) mass is 387 g/mol. The van der Waals surface area contributed by atoms with E-state index in [0.29, 0.717) is 0 Å². The molecule has 1 aliphatic carbocycles. The van der Waals surface area contributed by atoms with Gasteiger partial charge in [0.1, 0.15) is 5.75 Å². The second kappa shape index (κ2) is 9.75. The summed E-state index contributed by atoms with van der Waals surface area (Å²) in [5, 5.41) is 3.23. The quantitative estimate of drug-likeness (QED) is 0.781. The Bertz CT molecular complexity index is 617. The number of carbonyl (C=O) groups is 1. The van der Waals surface area contributed by atoms with E-state index < -0.39 is 6.10 Å². The molecule has 1 saturated heterocycles. The van der Waals surface area contributed by atoms with Crippen molar-refractivity contribution in [1.82, 2.24) is 15.1 Å². The van der Waals surface area contributed by atoms with Crippen LogP contribution in [0, 0.1) is 0 Å². The first-order valence-corrected chi connectivity index (χ1v) is 11.0. The summed E-state index contributed by atoms with van der Waals surface area (Å²) in [5.41, 5.74) is 1.40. The Morgan fingerprint density at radius 1 is 1.11 bits per heavy atom. The highest BCUT2D eigenvalue weighted by Crippen LogP contribution is 2.34. The predicted molar refractivity (Wildman–Crippen MR) is 114 cm³/mol. The van der Waals surface area contributed by atoms with Gasteiger partial charge in [0.05, 0.1) is 0 Å². The number of hydrogen-bond donors (Lipinski definition) is 1. The summed E-state index contributed by atoms with van der Waals surface area (Å²) >= 11 is 0. The second-order valence-corrected chi connectivity index (χ2v) is 8.55. The van der Waals surface area contributed by atoms with Crippen molar-refractivity contribution >= 4 is 5.91 Å². The van der Waals surface area contributed by atoms with Gasteiger partial charge in [0.25, 0.3) is 5.91 Å². The van der Waals surface area contributed by atoms with E-state index in [-0.39, 0.29) is 11.4 Å². The number of ether oxygens (including phenoxy) is 1. The van der Waals surface area contributed by atoms with Crippen molar-refractivity contribution in [2.24, 2.45) is 0 Å². The summed E-state index contributed by atoms with van der Waals surface area (Å²) < 4.78 is 5.88. The van der Waals surface area contributed by atoms with E-state index in [2.05, 4.69) is 41.2 Å².